The van der Waals surface area contributed by atoms with E-state index in [1.54, 1.807) is 6.21 Å². The number of hydrogen-bond donors (Lipinski definition) is 1. The van der Waals surface area contributed by atoms with E-state index in [1.165, 1.54) is 12.8 Å². The Bertz CT molecular complexity index is 262. The van der Waals surface area contributed by atoms with Crippen LogP contribution in [0, 0.1) is 0 Å². The van der Waals surface area contributed by atoms with Crippen LogP contribution in [0.2, 0.25) is 0 Å². The number of aliphatic hydroxyl groups is 1. The van der Waals surface area contributed by atoms with Crippen LogP contribution < -0.4 is 0 Å². The fraction of sp³-hybridized carbons (Fsp3) is 0.909. The molecule has 92 valence electrons. The predicted octanol–water partition coefficient (Wildman–Crippen LogP) is 0.580. The standard InChI is InChI=1S/C11H20N2O3/c1-11(2)15-8-10(16-11)9(14)7-12-13-5-3-4-6-13/h7,9-10,14H,3-6,8H2,1-2H3/b12-7+/t9-,10-/m1/s1. The van der Waals surface area contributed by atoms with Crippen LogP contribution in [0.5, 0.6) is 0 Å². The lowest BCUT2D eigenvalue weighted by atomic mass is 10.2. The highest BCUT2D eigenvalue weighted by Gasteiger charge is 2.36. The van der Waals surface area contributed by atoms with E-state index in [0.717, 1.165) is 13.1 Å². The molecule has 2 saturated heterocycles. The highest BCUT2D eigenvalue weighted by atomic mass is 16.7. The minimum absolute atomic E-state index is 0.304. The molecule has 2 atom stereocenters. The molecule has 0 amide bonds. The SMILES string of the molecule is CC1(C)OC[C@H]([C@H](O)/C=N/N2CCCC2)O1. The van der Waals surface area contributed by atoms with Crippen molar-refractivity contribution in [3.05, 3.63) is 0 Å². The Balaban J connectivity index is 1.81. The minimum Gasteiger partial charge on any atom is -0.385 e. The smallest absolute Gasteiger partial charge is 0.163 e. The molecule has 0 bridgehead atoms. The first-order chi connectivity index (χ1) is 7.57. The predicted molar refractivity (Wildman–Crippen MR) is 60.2 cm³/mol. The van der Waals surface area contributed by atoms with Crippen LogP contribution in [0.15, 0.2) is 5.10 Å². The minimum atomic E-state index is -0.692. The van der Waals surface area contributed by atoms with Crippen molar-refractivity contribution in [3.63, 3.8) is 0 Å². The van der Waals surface area contributed by atoms with Crippen molar-refractivity contribution in [2.45, 2.75) is 44.7 Å². The van der Waals surface area contributed by atoms with E-state index < -0.39 is 11.9 Å². The molecule has 0 unspecified atom stereocenters. The van der Waals surface area contributed by atoms with Crippen LogP contribution in [0.3, 0.4) is 0 Å². The summed E-state index contributed by atoms with van der Waals surface area (Å²) in [4.78, 5) is 0. The van der Waals surface area contributed by atoms with Gasteiger partial charge in [-0.1, -0.05) is 0 Å². The van der Waals surface area contributed by atoms with E-state index in [-0.39, 0.29) is 6.10 Å². The zero-order chi connectivity index (χ0) is 11.6. The zero-order valence-corrected chi connectivity index (χ0v) is 9.93. The van der Waals surface area contributed by atoms with Crippen LogP contribution >= 0.6 is 0 Å². The van der Waals surface area contributed by atoms with Gasteiger partial charge in [0.05, 0.1) is 12.8 Å². The van der Waals surface area contributed by atoms with Gasteiger partial charge in [-0.15, -0.1) is 0 Å². The molecule has 0 aliphatic carbocycles. The molecule has 0 aromatic carbocycles. The third-order valence-corrected chi connectivity index (χ3v) is 2.88. The number of rotatable bonds is 3. The summed E-state index contributed by atoms with van der Waals surface area (Å²) in [5, 5.41) is 16.1. The number of nitrogens with zero attached hydrogens (tertiary/aromatic N) is 2. The van der Waals surface area contributed by atoms with E-state index in [0.29, 0.717) is 6.61 Å². The van der Waals surface area contributed by atoms with Gasteiger partial charge in [-0.05, 0) is 26.7 Å². The van der Waals surface area contributed by atoms with Crippen LogP contribution in [0.4, 0.5) is 0 Å². The summed E-state index contributed by atoms with van der Waals surface area (Å²) in [6, 6.07) is 0. The summed E-state index contributed by atoms with van der Waals surface area (Å²) in [6.07, 6.45) is 2.93. The van der Waals surface area contributed by atoms with Gasteiger partial charge in [0.1, 0.15) is 12.2 Å². The van der Waals surface area contributed by atoms with Crippen molar-refractivity contribution in [2.75, 3.05) is 19.7 Å². The Morgan fingerprint density at radius 3 is 2.69 bits per heavy atom. The Hall–Kier alpha value is -0.650. The van der Waals surface area contributed by atoms with Gasteiger partial charge in [-0.3, -0.25) is 5.01 Å². The Labute approximate surface area is 96.0 Å². The van der Waals surface area contributed by atoms with Gasteiger partial charge in [-0.25, -0.2) is 0 Å². The second kappa shape index (κ2) is 4.69. The molecule has 0 radical (unpaired) electrons. The van der Waals surface area contributed by atoms with Gasteiger partial charge in [0, 0.05) is 13.1 Å². The average Bonchev–Trinajstić information content (AvgIpc) is 2.83. The second-order valence-electron chi connectivity index (χ2n) is 4.78. The van der Waals surface area contributed by atoms with E-state index >= 15 is 0 Å². The van der Waals surface area contributed by atoms with Crippen LogP contribution in [0.1, 0.15) is 26.7 Å². The molecule has 0 aromatic rings. The second-order valence-corrected chi connectivity index (χ2v) is 4.78. The molecule has 0 spiro atoms. The molecule has 2 fully saturated rings. The number of hydrazone groups is 1. The van der Waals surface area contributed by atoms with Gasteiger partial charge >= 0.3 is 0 Å². The number of aliphatic hydroxyl groups excluding tert-OH is 1. The maximum Gasteiger partial charge on any atom is 0.163 e. The molecule has 2 rings (SSSR count). The third-order valence-electron chi connectivity index (χ3n) is 2.88. The van der Waals surface area contributed by atoms with Crippen molar-refractivity contribution >= 4 is 6.21 Å². The molecular weight excluding hydrogens is 208 g/mol. The fourth-order valence-corrected chi connectivity index (χ4v) is 1.96. The summed E-state index contributed by atoms with van der Waals surface area (Å²) in [6.45, 7) is 6.07. The number of ether oxygens (including phenoxy) is 2. The molecule has 5 nitrogen and oxygen atoms in total. The van der Waals surface area contributed by atoms with E-state index in [2.05, 4.69) is 5.10 Å². The summed E-state index contributed by atoms with van der Waals surface area (Å²) in [5.74, 6) is -0.590. The normalized spacial score (nSPS) is 31.4. The van der Waals surface area contributed by atoms with Crippen molar-refractivity contribution in [1.29, 1.82) is 0 Å². The maximum atomic E-state index is 9.86. The Morgan fingerprint density at radius 2 is 2.12 bits per heavy atom. The molecule has 16 heavy (non-hydrogen) atoms. The van der Waals surface area contributed by atoms with Crippen molar-refractivity contribution in [3.8, 4) is 0 Å². The molecule has 0 saturated carbocycles. The lowest BCUT2D eigenvalue weighted by Gasteiger charge is -2.19. The molecule has 2 aliphatic heterocycles. The average molecular weight is 228 g/mol. The van der Waals surface area contributed by atoms with Crippen molar-refractivity contribution in [2.24, 2.45) is 5.10 Å². The number of hydrogen-bond acceptors (Lipinski definition) is 5. The van der Waals surface area contributed by atoms with Gasteiger partial charge in [0.2, 0.25) is 0 Å². The van der Waals surface area contributed by atoms with Crippen LogP contribution in [-0.2, 0) is 9.47 Å². The van der Waals surface area contributed by atoms with Gasteiger partial charge in [0.15, 0.2) is 5.79 Å². The maximum absolute atomic E-state index is 9.86. The highest BCUT2D eigenvalue weighted by Crippen LogP contribution is 2.23. The van der Waals surface area contributed by atoms with Crippen LogP contribution in [0.25, 0.3) is 0 Å². The largest absolute Gasteiger partial charge is 0.385 e. The lowest BCUT2D eigenvalue weighted by molar-refractivity contribution is -0.145. The molecule has 1 N–H and O–H groups in total. The fourth-order valence-electron chi connectivity index (χ4n) is 1.96. The van der Waals surface area contributed by atoms with E-state index in [9.17, 15) is 5.11 Å². The Morgan fingerprint density at radius 1 is 1.44 bits per heavy atom. The molecule has 2 heterocycles. The van der Waals surface area contributed by atoms with Gasteiger partial charge < -0.3 is 14.6 Å². The first-order valence-corrected chi connectivity index (χ1v) is 5.86. The Kier molecular flexibility index (Phi) is 3.47. The highest BCUT2D eigenvalue weighted by molar-refractivity contribution is 5.63. The topological polar surface area (TPSA) is 54.3 Å². The molecule has 0 aromatic heterocycles. The summed E-state index contributed by atoms with van der Waals surface area (Å²) in [5.41, 5.74) is 0. The monoisotopic (exact) mass is 228 g/mol. The third kappa shape index (κ3) is 2.93. The quantitative estimate of drug-likeness (QED) is 0.718. The molecule has 5 heteroatoms. The van der Waals surface area contributed by atoms with E-state index in [1.807, 2.05) is 18.9 Å². The van der Waals surface area contributed by atoms with Crippen molar-refractivity contribution in [1.82, 2.24) is 5.01 Å². The first kappa shape index (κ1) is 11.8. The lowest BCUT2D eigenvalue weighted by Crippen LogP contribution is -2.32. The van der Waals surface area contributed by atoms with Gasteiger partial charge in [0.25, 0.3) is 0 Å². The van der Waals surface area contributed by atoms with Crippen molar-refractivity contribution < 1.29 is 14.6 Å². The summed E-state index contributed by atoms with van der Waals surface area (Å²) in [7, 11) is 0. The molecular formula is C11H20N2O3. The zero-order valence-electron chi connectivity index (χ0n) is 9.93. The summed E-state index contributed by atoms with van der Waals surface area (Å²) >= 11 is 0. The first-order valence-electron chi connectivity index (χ1n) is 5.86. The van der Waals surface area contributed by atoms with Gasteiger partial charge in [-0.2, -0.15) is 5.10 Å². The van der Waals surface area contributed by atoms with Crippen LogP contribution in [-0.4, -0.2) is 54.0 Å². The molecule has 2 aliphatic rings. The van der Waals surface area contributed by atoms with E-state index in [4.69, 9.17) is 9.47 Å². The summed E-state index contributed by atoms with van der Waals surface area (Å²) < 4.78 is 10.9.